The van der Waals surface area contributed by atoms with Crippen LogP contribution in [0.15, 0.2) is 0 Å². The van der Waals surface area contributed by atoms with Crippen molar-refractivity contribution in [2.45, 2.75) is 79.1 Å². The van der Waals surface area contributed by atoms with E-state index >= 15 is 0 Å². The minimum atomic E-state index is -2.58. The fourth-order valence-corrected chi connectivity index (χ4v) is 4.88. The van der Waals surface area contributed by atoms with E-state index in [0.717, 1.165) is 0 Å². The summed E-state index contributed by atoms with van der Waals surface area (Å²) >= 11 is -2.58. The van der Waals surface area contributed by atoms with Gasteiger partial charge in [-0.05, 0) is 0 Å². The van der Waals surface area contributed by atoms with Gasteiger partial charge in [-0.3, -0.25) is 0 Å². The summed E-state index contributed by atoms with van der Waals surface area (Å²) in [5.41, 5.74) is -0.627. The van der Waals surface area contributed by atoms with Gasteiger partial charge in [0.05, 0.1) is 0 Å². The molecule has 3 nitrogen and oxygen atoms in total. The Morgan fingerprint density at radius 2 is 0.688 bits per heavy atom. The van der Waals surface area contributed by atoms with E-state index in [-0.39, 0.29) is 16.8 Å². The predicted octanol–water partition coefficient (Wildman–Crippen LogP) is 3.42. The fraction of sp³-hybridized carbons (Fsp3) is 1.00. The number of hydrogen-bond acceptors (Lipinski definition) is 3. The molecule has 0 aliphatic carbocycles. The summed E-state index contributed by atoms with van der Waals surface area (Å²) < 4.78 is 17.8. The van der Waals surface area contributed by atoms with Crippen LogP contribution in [0.4, 0.5) is 0 Å². The second-order valence-electron chi connectivity index (χ2n) is 6.83. The summed E-state index contributed by atoms with van der Waals surface area (Å²) in [5, 5.41) is 0. The quantitative estimate of drug-likeness (QED) is 0.737. The molecule has 0 aromatic carbocycles. The van der Waals surface area contributed by atoms with E-state index in [0.29, 0.717) is 0 Å². The standard InChI is InChI=1S/3C4H9O.Sb/c3*1-4(2,3)5;/h3*1-3H3;/q3*-1;+3. The summed E-state index contributed by atoms with van der Waals surface area (Å²) in [7, 11) is 0. The Morgan fingerprint density at radius 3 is 0.812 bits per heavy atom. The van der Waals surface area contributed by atoms with Crippen LogP contribution in [-0.2, 0) is 9.05 Å². The van der Waals surface area contributed by atoms with Crippen molar-refractivity contribution < 1.29 is 9.05 Å². The second-order valence-corrected chi connectivity index (χ2v) is 9.67. The molecule has 0 heterocycles. The van der Waals surface area contributed by atoms with Crippen molar-refractivity contribution in [3.8, 4) is 0 Å². The van der Waals surface area contributed by atoms with Crippen LogP contribution >= 0.6 is 0 Å². The molecule has 0 atom stereocenters. The Kier molecular flexibility index (Phi) is 5.80. The van der Waals surface area contributed by atoms with E-state index in [2.05, 4.69) is 0 Å². The third kappa shape index (κ3) is 11.2. The zero-order chi connectivity index (χ0) is 13.2. The second kappa shape index (κ2) is 5.56. The summed E-state index contributed by atoms with van der Waals surface area (Å²) in [4.78, 5) is 0. The van der Waals surface area contributed by atoms with Gasteiger partial charge in [0.25, 0.3) is 0 Å². The van der Waals surface area contributed by atoms with Crippen molar-refractivity contribution in [2.75, 3.05) is 0 Å². The first-order valence-corrected chi connectivity index (χ1v) is 8.79. The molecule has 16 heavy (non-hydrogen) atoms. The first-order chi connectivity index (χ1) is 6.79. The van der Waals surface area contributed by atoms with Crippen LogP contribution in [0.25, 0.3) is 0 Å². The molecular weight excluding hydrogens is 314 g/mol. The number of hydrogen-bond donors (Lipinski definition) is 0. The van der Waals surface area contributed by atoms with Gasteiger partial charge < -0.3 is 0 Å². The van der Waals surface area contributed by atoms with Crippen LogP contribution in [0.5, 0.6) is 0 Å². The molecule has 0 spiro atoms. The molecule has 0 aromatic heterocycles. The molecule has 0 aromatic rings. The SMILES string of the molecule is CC(C)(C)[O][Sb]([O]C(C)(C)C)[O]C(C)(C)C. The van der Waals surface area contributed by atoms with Gasteiger partial charge in [0.1, 0.15) is 0 Å². The normalized spacial score (nSPS) is 14.6. The van der Waals surface area contributed by atoms with Crippen LogP contribution in [0.3, 0.4) is 0 Å². The van der Waals surface area contributed by atoms with Gasteiger partial charge in [-0.1, -0.05) is 0 Å². The monoisotopic (exact) mass is 340 g/mol. The Hall–Kier alpha value is 0.698. The molecule has 0 aliphatic heterocycles. The van der Waals surface area contributed by atoms with E-state index in [9.17, 15) is 0 Å². The van der Waals surface area contributed by atoms with Gasteiger partial charge in [0.15, 0.2) is 0 Å². The van der Waals surface area contributed by atoms with Gasteiger partial charge >= 0.3 is 110 Å². The van der Waals surface area contributed by atoms with E-state index in [4.69, 9.17) is 9.05 Å². The average molecular weight is 341 g/mol. The maximum atomic E-state index is 5.93. The molecule has 0 aliphatic rings. The van der Waals surface area contributed by atoms with E-state index in [1.54, 1.807) is 0 Å². The van der Waals surface area contributed by atoms with Crippen molar-refractivity contribution >= 4 is 21.5 Å². The Morgan fingerprint density at radius 1 is 0.500 bits per heavy atom. The summed E-state index contributed by atoms with van der Waals surface area (Å²) in [6.07, 6.45) is 0. The minimum absolute atomic E-state index is 0.209. The van der Waals surface area contributed by atoms with Crippen molar-refractivity contribution in [1.82, 2.24) is 0 Å². The average Bonchev–Trinajstić information content (AvgIpc) is 1.70. The fourth-order valence-electron chi connectivity index (χ4n) is 0.727. The zero-order valence-electron chi connectivity index (χ0n) is 12.2. The molecule has 4 heteroatoms. The van der Waals surface area contributed by atoms with Crippen LogP contribution < -0.4 is 0 Å². The topological polar surface area (TPSA) is 27.7 Å². The third-order valence-electron chi connectivity index (χ3n) is 1.05. The van der Waals surface area contributed by atoms with Crippen molar-refractivity contribution in [3.63, 3.8) is 0 Å². The third-order valence-corrected chi connectivity index (χ3v) is 7.01. The van der Waals surface area contributed by atoms with Gasteiger partial charge in [-0.2, -0.15) is 0 Å². The van der Waals surface area contributed by atoms with Crippen LogP contribution in [0.1, 0.15) is 62.3 Å². The van der Waals surface area contributed by atoms with Gasteiger partial charge in [-0.25, -0.2) is 0 Å². The van der Waals surface area contributed by atoms with Crippen LogP contribution in [0, 0.1) is 0 Å². The van der Waals surface area contributed by atoms with E-state index < -0.39 is 21.5 Å². The van der Waals surface area contributed by atoms with E-state index in [1.165, 1.54) is 0 Å². The molecule has 0 saturated carbocycles. The summed E-state index contributed by atoms with van der Waals surface area (Å²) in [6.45, 7) is 18.3. The zero-order valence-corrected chi connectivity index (χ0v) is 14.7. The first kappa shape index (κ1) is 16.7. The van der Waals surface area contributed by atoms with Crippen LogP contribution in [0.2, 0.25) is 0 Å². The molecule has 0 unspecified atom stereocenters. The molecule has 98 valence electrons. The molecular formula is C12H27O3Sb. The van der Waals surface area contributed by atoms with Gasteiger partial charge in [-0.15, -0.1) is 0 Å². The molecule has 0 amide bonds. The molecule has 0 rings (SSSR count). The Labute approximate surface area is 109 Å². The first-order valence-electron chi connectivity index (χ1n) is 5.66. The molecule has 0 saturated heterocycles. The van der Waals surface area contributed by atoms with Gasteiger partial charge in [0.2, 0.25) is 0 Å². The molecule has 0 radical (unpaired) electrons. The molecule has 0 N–H and O–H groups in total. The Bertz CT molecular complexity index is 170. The van der Waals surface area contributed by atoms with E-state index in [1.807, 2.05) is 62.3 Å². The van der Waals surface area contributed by atoms with Crippen molar-refractivity contribution in [1.29, 1.82) is 0 Å². The van der Waals surface area contributed by atoms with Gasteiger partial charge in [0, 0.05) is 0 Å². The molecule has 0 bridgehead atoms. The summed E-state index contributed by atoms with van der Waals surface area (Å²) in [6, 6.07) is 0. The predicted molar refractivity (Wildman–Crippen MR) is 68.3 cm³/mol. The molecule has 0 fully saturated rings. The van der Waals surface area contributed by atoms with Crippen LogP contribution in [-0.4, -0.2) is 38.3 Å². The number of rotatable bonds is 3. The maximum absolute atomic E-state index is 5.93. The van der Waals surface area contributed by atoms with Crippen molar-refractivity contribution in [3.05, 3.63) is 0 Å². The van der Waals surface area contributed by atoms with Crippen molar-refractivity contribution in [2.24, 2.45) is 0 Å². The summed E-state index contributed by atoms with van der Waals surface area (Å²) in [5.74, 6) is 0. The Balaban J connectivity index is 4.53.